The minimum Gasteiger partial charge on any atom is -0.329 e. The molecule has 0 amide bonds. The lowest BCUT2D eigenvalue weighted by Crippen LogP contribution is -2.13. The van der Waals surface area contributed by atoms with Crippen molar-refractivity contribution in [3.05, 3.63) is 47.8 Å². The fourth-order valence-electron chi connectivity index (χ4n) is 2.12. The molecule has 1 heterocycles. The van der Waals surface area contributed by atoms with Gasteiger partial charge in [-0.15, -0.1) is 0 Å². The summed E-state index contributed by atoms with van der Waals surface area (Å²) in [6.45, 7) is 4.48. The molecule has 0 fully saturated rings. The topological polar surface area (TPSA) is 43.8 Å². The minimum absolute atomic E-state index is 0.0461. The molecule has 0 bridgehead atoms. The van der Waals surface area contributed by atoms with E-state index in [2.05, 4.69) is 43.1 Å². The molecule has 20 heavy (non-hydrogen) atoms. The van der Waals surface area contributed by atoms with Gasteiger partial charge in [0, 0.05) is 31.2 Å². The Morgan fingerprint density at radius 1 is 1.25 bits per heavy atom. The predicted molar refractivity (Wildman–Crippen MR) is 85.8 cm³/mol. The Morgan fingerprint density at radius 3 is 2.50 bits per heavy atom. The van der Waals surface area contributed by atoms with E-state index >= 15 is 0 Å². The molecule has 1 aromatic carbocycles. The third-order valence-corrected chi connectivity index (χ3v) is 4.40. The van der Waals surface area contributed by atoms with E-state index in [1.807, 2.05) is 24.0 Å². The number of nitrogens with zero attached hydrogens (tertiary/aromatic N) is 2. The lowest BCUT2D eigenvalue weighted by molar-refractivity contribution is 0.647. The van der Waals surface area contributed by atoms with Crippen molar-refractivity contribution in [1.29, 1.82) is 0 Å². The Balaban J connectivity index is 1.92. The van der Waals surface area contributed by atoms with Crippen LogP contribution in [-0.2, 0) is 13.5 Å². The molecule has 0 saturated heterocycles. The van der Waals surface area contributed by atoms with Crippen LogP contribution in [0.1, 0.15) is 31.0 Å². The van der Waals surface area contributed by atoms with Gasteiger partial charge < -0.3 is 10.3 Å². The third-order valence-electron chi connectivity index (χ3n) is 3.22. The molecular formula is C16H23N3S. The molecule has 0 saturated carbocycles. The van der Waals surface area contributed by atoms with Crippen molar-refractivity contribution < 1.29 is 0 Å². The van der Waals surface area contributed by atoms with Gasteiger partial charge >= 0.3 is 0 Å². The highest BCUT2D eigenvalue weighted by atomic mass is 32.2. The molecule has 2 rings (SSSR count). The van der Waals surface area contributed by atoms with Gasteiger partial charge in [0.05, 0.1) is 0 Å². The number of benzene rings is 1. The minimum atomic E-state index is 0.0461. The Bertz CT molecular complexity index is 531. The van der Waals surface area contributed by atoms with Gasteiger partial charge in [-0.3, -0.25) is 0 Å². The van der Waals surface area contributed by atoms with Crippen LogP contribution < -0.4 is 5.73 Å². The molecule has 2 N–H and O–H groups in total. The normalized spacial score (nSPS) is 12.8. The van der Waals surface area contributed by atoms with Gasteiger partial charge in [0.25, 0.3) is 0 Å². The van der Waals surface area contributed by atoms with Crippen LogP contribution in [0.5, 0.6) is 0 Å². The Morgan fingerprint density at radius 2 is 1.95 bits per heavy atom. The van der Waals surface area contributed by atoms with E-state index in [0.717, 1.165) is 17.3 Å². The van der Waals surface area contributed by atoms with Crippen LogP contribution in [0.3, 0.4) is 0 Å². The maximum absolute atomic E-state index is 6.26. The molecule has 1 atom stereocenters. The SMILES string of the molecule is CC(C)Cc1ccc(C(N)CSc2nccn2C)cc1. The van der Waals surface area contributed by atoms with E-state index in [1.54, 1.807) is 11.8 Å². The van der Waals surface area contributed by atoms with Crippen molar-refractivity contribution in [2.45, 2.75) is 31.5 Å². The van der Waals surface area contributed by atoms with E-state index in [1.165, 1.54) is 11.1 Å². The summed E-state index contributed by atoms with van der Waals surface area (Å²) < 4.78 is 2.02. The fraction of sp³-hybridized carbons (Fsp3) is 0.438. The number of hydrogen-bond donors (Lipinski definition) is 1. The second-order valence-electron chi connectivity index (χ2n) is 5.58. The number of rotatable bonds is 6. The van der Waals surface area contributed by atoms with Crippen molar-refractivity contribution in [1.82, 2.24) is 9.55 Å². The zero-order valence-electron chi connectivity index (χ0n) is 12.4. The van der Waals surface area contributed by atoms with Gasteiger partial charge in [-0.05, 0) is 23.5 Å². The Kier molecular flexibility index (Phi) is 5.26. The second kappa shape index (κ2) is 6.95. The highest BCUT2D eigenvalue weighted by molar-refractivity contribution is 7.99. The average molecular weight is 289 g/mol. The van der Waals surface area contributed by atoms with E-state index in [-0.39, 0.29) is 6.04 Å². The molecule has 2 aromatic rings. The first-order valence-corrected chi connectivity index (χ1v) is 7.99. The van der Waals surface area contributed by atoms with E-state index < -0.39 is 0 Å². The van der Waals surface area contributed by atoms with Gasteiger partial charge in [0.2, 0.25) is 0 Å². The summed E-state index contributed by atoms with van der Waals surface area (Å²) in [5, 5.41) is 1.01. The summed E-state index contributed by atoms with van der Waals surface area (Å²) in [7, 11) is 2.00. The summed E-state index contributed by atoms with van der Waals surface area (Å²) in [5.74, 6) is 1.53. The zero-order chi connectivity index (χ0) is 14.5. The summed E-state index contributed by atoms with van der Waals surface area (Å²) in [4.78, 5) is 4.30. The average Bonchev–Trinajstić information content (AvgIpc) is 2.82. The second-order valence-corrected chi connectivity index (χ2v) is 6.56. The molecule has 108 valence electrons. The van der Waals surface area contributed by atoms with Gasteiger partial charge in [-0.2, -0.15) is 0 Å². The van der Waals surface area contributed by atoms with Crippen LogP contribution in [0.25, 0.3) is 0 Å². The van der Waals surface area contributed by atoms with Crippen molar-refractivity contribution in [3.8, 4) is 0 Å². The quantitative estimate of drug-likeness (QED) is 0.829. The van der Waals surface area contributed by atoms with Crippen molar-refractivity contribution in [3.63, 3.8) is 0 Å². The van der Waals surface area contributed by atoms with Crippen LogP contribution in [0.4, 0.5) is 0 Å². The van der Waals surface area contributed by atoms with Gasteiger partial charge in [-0.1, -0.05) is 49.9 Å². The molecule has 3 nitrogen and oxygen atoms in total. The smallest absolute Gasteiger partial charge is 0.167 e. The predicted octanol–water partition coefficient (Wildman–Crippen LogP) is 3.41. The molecule has 0 aliphatic heterocycles. The van der Waals surface area contributed by atoms with Gasteiger partial charge in [-0.25, -0.2) is 4.98 Å². The number of aromatic nitrogens is 2. The summed E-state index contributed by atoms with van der Waals surface area (Å²) >= 11 is 1.70. The van der Waals surface area contributed by atoms with E-state index in [9.17, 15) is 0 Å². The van der Waals surface area contributed by atoms with Crippen LogP contribution in [0.15, 0.2) is 41.8 Å². The lowest BCUT2D eigenvalue weighted by atomic mass is 10.0. The summed E-state index contributed by atoms with van der Waals surface area (Å²) in [6, 6.07) is 8.74. The van der Waals surface area contributed by atoms with Crippen molar-refractivity contribution in [2.24, 2.45) is 18.7 Å². The molecule has 1 unspecified atom stereocenters. The molecule has 0 radical (unpaired) electrons. The number of thioether (sulfide) groups is 1. The standard InChI is InChI=1S/C16H23N3S/c1-12(2)10-13-4-6-14(7-5-13)15(17)11-20-16-18-8-9-19(16)3/h4-9,12,15H,10-11,17H2,1-3H3. The van der Waals surface area contributed by atoms with E-state index in [0.29, 0.717) is 5.92 Å². The van der Waals surface area contributed by atoms with Crippen LogP contribution in [-0.4, -0.2) is 15.3 Å². The largest absolute Gasteiger partial charge is 0.329 e. The fourth-order valence-corrected chi connectivity index (χ4v) is 3.04. The van der Waals surface area contributed by atoms with Gasteiger partial charge in [0.15, 0.2) is 5.16 Å². The molecule has 0 aliphatic carbocycles. The first kappa shape index (κ1) is 15.1. The molecular weight excluding hydrogens is 266 g/mol. The highest BCUT2D eigenvalue weighted by Crippen LogP contribution is 2.22. The summed E-state index contributed by atoms with van der Waals surface area (Å²) in [6.07, 6.45) is 4.89. The number of hydrogen-bond acceptors (Lipinski definition) is 3. The number of aryl methyl sites for hydroxylation is 1. The van der Waals surface area contributed by atoms with Crippen molar-refractivity contribution >= 4 is 11.8 Å². The monoisotopic (exact) mass is 289 g/mol. The van der Waals surface area contributed by atoms with Crippen LogP contribution in [0.2, 0.25) is 0 Å². The number of imidazole rings is 1. The molecule has 4 heteroatoms. The number of nitrogens with two attached hydrogens (primary N) is 1. The lowest BCUT2D eigenvalue weighted by Gasteiger charge is -2.13. The molecule has 0 aliphatic rings. The maximum atomic E-state index is 6.26. The highest BCUT2D eigenvalue weighted by Gasteiger charge is 2.09. The molecule has 0 spiro atoms. The molecule has 1 aromatic heterocycles. The van der Waals surface area contributed by atoms with Crippen LogP contribution in [0, 0.1) is 5.92 Å². The van der Waals surface area contributed by atoms with Crippen molar-refractivity contribution in [2.75, 3.05) is 5.75 Å². The van der Waals surface area contributed by atoms with Crippen LogP contribution >= 0.6 is 11.8 Å². The van der Waals surface area contributed by atoms with E-state index in [4.69, 9.17) is 5.73 Å². The Labute approximate surface area is 125 Å². The zero-order valence-corrected chi connectivity index (χ0v) is 13.2. The Hall–Kier alpha value is -1.26. The summed E-state index contributed by atoms with van der Waals surface area (Å²) in [5.41, 5.74) is 8.83. The maximum Gasteiger partial charge on any atom is 0.167 e. The van der Waals surface area contributed by atoms with Gasteiger partial charge in [0.1, 0.15) is 0 Å². The third kappa shape index (κ3) is 4.12. The first-order valence-electron chi connectivity index (χ1n) is 7.01. The first-order chi connectivity index (χ1) is 9.56.